The fraction of sp³-hybridized carbons (Fsp3) is 0.320. The molecule has 1 amide bonds. The van der Waals surface area contributed by atoms with Gasteiger partial charge in [-0.2, -0.15) is 9.49 Å². The number of carbonyl (C=O) groups excluding carboxylic acids is 1. The number of carbonyl (C=O) groups is 1. The number of pyridine rings is 2. The average Bonchev–Trinajstić information content (AvgIpc) is 3.40. The molecule has 4 heterocycles. The van der Waals surface area contributed by atoms with Crippen molar-refractivity contribution in [3.05, 3.63) is 77.3 Å². The second kappa shape index (κ2) is 9.28. The molecule has 0 unspecified atom stereocenters. The van der Waals surface area contributed by atoms with Crippen molar-refractivity contribution in [3.63, 3.8) is 0 Å². The molecule has 0 bridgehead atoms. The number of anilines is 2. The summed E-state index contributed by atoms with van der Waals surface area (Å²) in [6.45, 7) is 5.91. The summed E-state index contributed by atoms with van der Waals surface area (Å²) >= 11 is 0. The molecule has 0 aromatic carbocycles. The molecule has 0 saturated heterocycles. The van der Waals surface area contributed by atoms with Crippen molar-refractivity contribution < 1.29 is 9.18 Å². The lowest BCUT2D eigenvalue weighted by molar-refractivity contribution is -0.128. The number of aromatic nitrogens is 6. The molecule has 0 radical (unpaired) electrons. The average molecular weight is 475 g/mol. The molecule has 9 nitrogen and oxygen atoms in total. The number of nitrogens with zero attached hydrogens (tertiary/aromatic N) is 5. The number of aromatic amines is 1. The highest BCUT2D eigenvalue weighted by Crippen LogP contribution is 2.42. The smallest absolute Gasteiger partial charge is 0.233 e. The molecule has 0 spiro atoms. The predicted molar refractivity (Wildman–Crippen MR) is 129 cm³/mol. The first-order chi connectivity index (χ1) is 16.8. The van der Waals surface area contributed by atoms with Crippen LogP contribution in [-0.4, -0.2) is 35.9 Å². The maximum Gasteiger partial charge on any atom is 0.233 e. The fourth-order valence-electron chi connectivity index (χ4n) is 4.29. The summed E-state index contributed by atoms with van der Waals surface area (Å²) in [5.74, 6) is 1.67. The van der Waals surface area contributed by atoms with Crippen molar-refractivity contribution in [1.82, 2.24) is 35.3 Å². The van der Waals surface area contributed by atoms with Crippen LogP contribution < -0.4 is 10.6 Å². The van der Waals surface area contributed by atoms with E-state index in [-0.39, 0.29) is 23.8 Å². The van der Waals surface area contributed by atoms with Crippen LogP contribution in [0.5, 0.6) is 0 Å². The van der Waals surface area contributed by atoms with Gasteiger partial charge in [-0.3, -0.25) is 9.89 Å². The molecule has 35 heavy (non-hydrogen) atoms. The van der Waals surface area contributed by atoms with Gasteiger partial charge in [0.25, 0.3) is 0 Å². The first-order valence-electron chi connectivity index (χ1n) is 11.6. The molecular weight excluding hydrogens is 447 g/mol. The number of nitrogens with one attached hydrogen (secondary N) is 3. The van der Waals surface area contributed by atoms with Gasteiger partial charge in [-0.25, -0.2) is 14.6 Å². The number of aryl methyl sites for hydroxylation is 2. The van der Waals surface area contributed by atoms with E-state index in [0.29, 0.717) is 5.82 Å². The van der Waals surface area contributed by atoms with Crippen molar-refractivity contribution in [2.75, 3.05) is 5.32 Å². The third-order valence-electron chi connectivity index (χ3n) is 6.30. The molecule has 1 atom stereocenters. The number of amides is 1. The normalized spacial score (nSPS) is 18.1. The Morgan fingerprint density at radius 2 is 2.00 bits per heavy atom. The predicted octanol–water partition coefficient (Wildman–Crippen LogP) is 4.26. The first kappa shape index (κ1) is 22.7. The highest BCUT2D eigenvalue weighted by molar-refractivity contribution is 5.80. The number of hydrogen-bond donors (Lipinski definition) is 3. The molecular formula is C25H27FN8O. The monoisotopic (exact) mass is 474 g/mol. The molecule has 5 rings (SSSR count). The van der Waals surface area contributed by atoms with E-state index >= 15 is 0 Å². The van der Waals surface area contributed by atoms with Gasteiger partial charge in [-0.1, -0.05) is 6.07 Å². The summed E-state index contributed by atoms with van der Waals surface area (Å²) in [5.41, 5.74) is 3.95. The highest BCUT2D eigenvalue weighted by Gasteiger charge is 2.36. The zero-order valence-corrected chi connectivity index (χ0v) is 19.8. The summed E-state index contributed by atoms with van der Waals surface area (Å²) in [5, 5.41) is 17.2. The summed E-state index contributed by atoms with van der Waals surface area (Å²) in [6, 6.07) is 10.7. The van der Waals surface area contributed by atoms with Crippen LogP contribution in [0.2, 0.25) is 0 Å². The Kier molecular flexibility index (Phi) is 6.02. The molecule has 1 fully saturated rings. The SMILES string of the molecule is Cc1cc(Nc2cc(C)[nH]n2)nc(C2CC(C(=O)N[C@@H](C)c3ccc(-n4ccc(F)n4)nc3)C2)c1. The van der Waals surface area contributed by atoms with Crippen molar-refractivity contribution in [2.24, 2.45) is 5.92 Å². The molecule has 10 heteroatoms. The third-order valence-corrected chi connectivity index (χ3v) is 6.30. The Labute approximate surface area is 202 Å². The van der Waals surface area contributed by atoms with Gasteiger partial charge < -0.3 is 10.6 Å². The minimum atomic E-state index is -0.559. The quantitative estimate of drug-likeness (QED) is 0.369. The van der Waals surface area contributed by atoms with E-state index in [2.05, 4.69) is 37.0 Å². The maximum atomic E-state index is 13.1. The Balaban J connectivity index is 1.16. The number of halogens is 1. The molecule has 1 aliphatic carbocycles. The second-order valence-electron chi connectivity index (χ2n) is 9.14. The van der Waals surface area contributed by atoms with Gasteiger partial charge in [0.1, 0.15) is 5.82 Å². The van der Waals surface area contributed by atoms with Crippen LogP contribution in [0, 0.1) is 25.7 Å². The van der Waals surface area contributed by atoms with Crippen LogP contribution in [0.25, 0.3) is 5.82 Å². The van der Waals surface area contributed by atoms with Crippen LogP contribution >= 0.6 is 0 Å². The topological polar surface area (TPSA) is 113 Å². The van der Waals surface area contributed by atoms with Gasteiger partial charge in [0.05, 0.1) is 6.04 Å². The summed E-state index contributed by atoms with van der Waals surface area (Å²) in [4.78, 5) is 21.9. The number of rotatable bonds is 7. The van der Waals surface area contributed by atoms with Crippen molar-refractivity contribution >= 4 is 17.5 Å². The van der Waals surface area contributed by atoms with E-state index in [4.69, 9.17) is 4.98 Å². The second-order valence-corrected chi connectivity index (χ2v) is 9.14. The lowest BCUT2D eigenvalue weighted by Crippen LogP contribution is -2.39. The molecule has 3 N–H and O–H groups in total. The Hall–Kier alpha value is -4.08. The van der Waals surface area contributed by atoms with Crippen molar-refractivity contribution in [3.8, 4) is 5.82 Å². The standard InChI is InChI=1S/C25H27FN8O/c1-14-8-20(29-22(9-14)30-23-10-15(2)31-32-23)18-11-19(12-18)25(35)28-16(3)17-4-5-24(27-13-17)34-7-6-21(26)33-34/h4-10,13,16,18-19H,11-12H2,1-3H3,(H,28,35)(H2,29,30,31,32)/t16-,18?,19?/m0/s1. The van der Waals surface area contributed by atoms with E-state index in [1.807, 2.05) is 39.0 Å². The Morgan fingerprint density at radius 1 is 1.17 bits per heavy atom. The third kappa shape index (κ3) is 5.06. The van der Waals surface area contributed by atoms with Crippen molar-refractivity contribution in [1.29, 1.82) is 0 Å². The lowest BCUT2D eigenvalue weighted by atomic mass is 9.72. The Morgan fingerprint density at radius 3 is 2.66 bits per heavy atom. The summed E-state index contributed by atoms with van der Waals surface area (Å²) in [7, 11) is 0. The largest absolute Gasteiger partial charge is 0.349 e. The molecule has 0 aliphatic heterocycles. The van der Waals surface area contributed by atoms with Gasteiger partial charge in [0.15, 0.2) is 11.6 Å². The zero-order valence-electron chi connectivity index (χ0n) is 19.8. The van der Waals surface area contributed by atoms with Crippen LogP contribution in [0.15, 0.2) is 48.8 Å². The van der Waals surface area contributed by atoms with Gasteiger partial charge >= 0.3 is 0 Å². The zero-order chi connectivity index (χ0) is 24.5. The van der Waals surface area contributed by atoms with E-state index in [1.165, 1.54) is 16.9 Å². The van der Waals surface area contributed by atoms with Crippen molar-refractivity contribution in [2.45, 2.75) is 45.6 Å². The number of H-pyrrole nitrogens is 1. The number of hydrogen-bond acceptors (Lipinski definition) is 6. The lowest BCUT2D eigenvalue weighted by Gasteiger charge is -2.35. The van der Waals surface area contributed by atoms with Gasteiger partial charge in [0.2, 0.25) is 11.9 Å². The van der Waals surface area contributed by atoms with E-state index in [0.717, 1.165) is 47.0 Å². The molecule has 1 aliphatic rings. The molecule has 1 saturated carbocycles. The molecule has 180 valence electrons. The van der Waals surface area contributed by atoms with E-state index in [9.17, 15) is 9.18 Å². The van der Waals surface area contributed by atoms with Gasteiger partial charge in [-0.15, -0.1) is 5.10 Å². The van der Waals surface area contributed by atoms with Gasteiger partial charge in [-0.05, 0) is 62.9 Å². The van der Waals surface area contributed by atoms with Crippen LogP contribution in [0.1, 0.15) is 54.2 Å². The fourth-order valence-corrected chi connectivity index (χ4v) is 4.29. The van der Waals surface area contributed by atoms with Crippen LogP contribution in [-0.2, 0) is 4.79 Å². The molecule has 4 aromatic heterocycles. The van der Waals surface area contributed by atoms with E-state index in [1.54, 1.807) is 12.3 Å². The minimum Gasteiger partial charge on any atom is -0.349 e. The molecule has 4 aromatic rings. The van der Waals surface area contributed by atoms with Gasteiger partial charge in [0, 0.05) is 47.8 Å². The van der Waals surface area contributed by atoms with Crippen LogP contribution in [0.3, 0.4) is 0 Å². The first-order valence-corrected chi connectivity index (χ1v) is 11.6. The minimum absolute atomic E-state index is 0.0324. The summed E-state index contributed by atoms with van der Waals surface area (Å²) in [6.07, 6.45) is 4.71. The maximum absolute atomic E-state index is 13.1. The summed E-state index contributed by atoms with van der Waals surface area (Å²) < 4.78 is 14.5. The van der Waals surface area contributed by atoms with E-state index < -0.39 is 5.95 Å². The Bertz CT molecular complexity index is 1340. The highest BCUT2D eigenvalue weighted by atomic mass is 19.1. The van der Waals surface area contributed by atoms with Crippen LogP contribution in [0.4, 0.5) is 16.0 Å².